The summed E-state index contributed by atoms with van der Waals surface area (Å²) in [7, 11) is 1.24. The highest BCUT2D eigenvalue weighted by Crippen LogP contribution is 2.52. The lowest BCUT2D eigenvalue weighted by Crippen LogP contribution is -2.43. The van der Waals surface area contributed by atoms with E-state index in [1.807, 2.05) is 12.2 Å². The highest BCUT2D eigenvalue weighted by molar-refractivity contribution is 6.00. The number of esters is 1. The van der Waals surface area contributed by atoms with Crippen LogP contribution in [0.25, 0.3) is 0 Å². The van der Waals surface area contributed by atoms with E-state index < -0.39 is 17.4 Å². The Morgan fingerprint density at radius 2 is 2.21 bits per heavy atom. The first-order valence-corrected chi connectivity index (χ1v) is 4.61. The number of hydrogen-bond acceptors (Lipinski definition) is 3. The third-order valence-electron chi connectivity index (χ3n) is 3.32. The quantitative estimate of drug-likeness (QED) is 0.403. The van der Waals surface area contributed by atoms with Crippen molar-refractivity contribution in [2.75, 3.05) is 7.11 Å². The third kappa shape index (κ3) is 0.937. The van der Waals surface area contributed by atoms with Gasteiger partial charge in [0, 0.05) is 5.92 Å². The lowest BCUT2D eigenvalue weighted by Gasteiger charge is -2.27. The van der Waals surface area contributed by atoms with Crippen molar-refractivity contribution in [2.24, 2.45) is 17.3 Å². The van der Waals surface area contributed by atoms with E-state index in [4.69, 9.17) is 5.11 Å². The van der Waals surface area contributed by atoms with E-state index >= 15 is 0 Å². The first kappa shape index (κ1) is 9.24. The van der Waals surface area contributed by atoms with E-state index in [0.717, 1.165) is 6.42 Å². The molecule has 4 nitrogen and oxygen atoms in total. The van der Waals surface area contributed by atoms with Gasteiger partial charge in [-0.25, -0.2) is 0 Å². The van der Waals surface area contributed by atoms with Crippen LogP contribution in [0.2, 0.25) is 0 Å². The van der Waals surface area contributed by atoms with E-state index in [9.17, 15) is 9.59 Å². The van der Waals surface area contributed by atoms with Crippen molar-refractivity contribution in [3.63, 3.8) is 0 Å². The molecule has 1 unspecified atom stereocenters. The fourth-order valence-electron chi connectivity index (χ4n) is 2.61. The molecule has 0 amide bonds. The molecule has 0 spiro atoms. The van der Waals surface area contributed by atoms with Crippen molar-refractivity contribution in [1.82, 2.24) is 0 Å². The van der Waals surface area contributed by atoms with E-state index in [0.29, 0.717) is 6.42 Å². The monoisotopic (exact) mass is 196 g/mol. The predicted octanol–water partition coefficient (Wildman–Crippen LogP) is 0.826. The van der Waals surface area contributed by atoms with Crippen LogP contribution >= 0.6 is 0 Å². The van der Waals surface area contributed by atoms with Crippen molar-refractivity contribution >= 4 is 11.9 Å². The summed E-state index contributed by atoms with van der Waals surface area (Å²) in [6, 6.07) is 0. The molecule has 2 aliphatic carbocycles. The molecule has 0 aromatic heterocycles. The summed E-state index contributed by atoms with van der Waals surface area (Å²) in [4.78, 5) is 22.7. The Balaban J connectivity index is 2.38. The highest BCUT2D eigenvalue weighted by atomic mass is 16.5. The molecule has 1 fully saturated rings. The minimum absolute atomic E-state index is 0.183. The average Bonchev–Trinajstić information content (AvgIpc) is 2.75. The van der Waals surface area contributed by atoms with Crippen molar-refractivity contribution in [3.8, 4) is 0 Å². The molecule has 1 N–H and O–H groups in total. The molecule has 76 valence electrons. The second-order valence-corrected chi connectivity index (χ2v) is 3.96. The Morgan fingerprint density at radius 3 is 2.57 bits per heavy atom. The van der Waals surface area contributed by atoms with Crippen molar-refractivity contribution < 1.29 is 19.4 Å². The molecule has 1 saturated carbocycles. The van der Waals surface area contributed by atoms with Crippen molar-refractivity contribution in [3.05, 3.63) is 12.2 Å². The maximum Gasteiger partial charge on any atom is 0.323 e. The number of methoxy groups -OCH3 is 1. The SMILES string of the molecule is COC(=O)C1(C(=O)O)C[C@H]2C=C[C@@H]1C2. The normalized spacial score (nSPS) is 38.6. The van der Waals surface area contributed by atoms with Crippen LogP contribution in [0.3, 0.4) is 0 Å². The predicted molar refractivity (Wildman–Crippen MR) is 47.4 cm³/mol. The van der Waals surface area contributed by atoms with E-state index in [1.54, 1.807) is 0 Å². The van der Waals surface area contributed by atoms with E-state index in [1.165, 1.54) is 7.11 Å². The molecule has 2 rings (SSSR count). The summed E-state index contributed by atoms with van der Waals surface area (Å²) in [5.74, 6) is -1.62. The number of carboxylic acids is 1. The second-order valence-electron chi connectivity index (χ2n) is 3.96. The van der Waals surface area contributed by atoms with Gasteiger partial charge in [0.25, 0.3) is 0 Å². The molecule has 2 bridgehead atoms. The van der Waals surface area contributed by atoms with E-state index in [2.05, 4.69) is 4.74 Å². The smallest absolute Gasteiger partial charge is 0.323 e. The van der Waals surface area contributed by atoms with Gasteiger partial charge in [-0.2, -0.15) is 0 Å². The fourth-order valence-corrected chi connectivity index (χ4v) is 2.61. The number of ether oxygens (including phenoxy) is 1. The molecule has 0 aromatic carbocycles. The number of carbonyl (C=O) groups excluding carboxylic acids is 1. The topological polar surface area (TPSA) is 63.6 Å². The van der Waals surface area contributed by atoms with Gasteiger partial charge >= 0.3 is 11.9 Å². The molecule has 0 aromatic rings. The number of carboxylic acid groups (broad SMARTS) is 1. The summed E-state index contributed by atoms with van der Waals surface area (Å²) < 4.78 is 4.60. The largest absolute Gasteiger partial charge is 0.480 e. The minimum atomic E-state index is -1.31. The second kappa shape index (κ2) is 2.83. The fraction of sp³-hybridized carbons (Fsp3) is 0.600. The number of aliphatic carboxylic acids is 1. The highest BCUT2D eigenvalue weighted by Gasteiger charge is 2.59. The van der Waals surface area contributed by atoms with Crippen LogP contribution in [-0.2, 0) is 14.3 Å². The standard InChI is InChI=1S/C10H12O4/c1-14-9(13)10(8(11)12)5-6-2-3-7(10)4-6/h2-3,6-7H,4-5H2,1H3,(H,11,12)/t6-,7+,10?/m0/s1. The number of rotatable bonds is 2. The van der Waals surface area contributed by atoms with Gasteiger partial charge in [-0.1, -0.05) is 12.2 Å². The third-order valence-corrected chi connectivity index (χ3v) is 3.32. The molecular formula is C10H12O4. The lowest BCUT2D eigenvalue weighted by atomic mass is 9.76. The summed E-state index contributed by atoms with van der Waals surface area (Å²) >= 11 is 0. The lowest BCUT2D eigenvalue weighted by molar-refractivity contribution is -0.169. The zero-order valence-electron chi connectivity index (χ0n) is 7.90. The summed E-state index contributed by atoms with van der Waals surface area (Å²) in [6.07, 6.45) is 4.98. The number of carbonyl (C=O) groups is 2. The molecular weight excluding hydrogens is 184 g/mol. The first-order valence-electron chi connectivity index (χ1n) is 4.61. The summed E-state index contributed by atoms with van der Waals surface area (Å²) in [5, 5.41) is 9.15. The van der Waals surface area contributed by atoms with Crippen LogP contribution in [0, 0.1) is 17.3 Å². The molecule has 0 heterocycles. The Morgan fingerprint density at radius 1 is 1.50 bits per heavy atom. The van der Waals surface area contributed by atoms with Crippen LogP contribution < -0.4 is 0 Å². The van der Waals surface area contributed by atoms with Gasteiger partial charge < -0.3 is 9.84 Å². The molecule has 4 heteroatoms. The van der Waals surface area contributed by atoms with Gasteiger partial charge in [0.2, 0.25) is 0 Å². The zero-order chi connectivity index (χ0) is 10.3. The van der Waals surface area contributed by atoms with Gasteiger partial charge in [-0.15, -0.1) is 0 Å². The molecule has 0 radical (unpaired) electrons. The van der Waals surface area contributed by atoms with Crippen LogP contribution in [0.4, 0.5) is 0 Å². The van der Waals surface area contributed by atoms with Crippen LogP contribution in [0.1, 0.15) is 12.8 Å². The molecule has 0 saturated heterocycles. The number of fused-ring (bicyclic) bond motifs is 2. The summed E-state index contributed by atoms with van der Waals surface area (Å²) in [5.41, 5.74) is -1.31. The minimum Gasteiger partial charge on any atom is -0.480 e. The molecule has 14 heavy (non-hydrogen) atoms. The van der Waals surface area contributed by atoms with Gasteiger partial charge in [0.1, 0.15) is 0 Å². The maximum absolute atomic E-state index is 11.5. The Kier molecular flexibility index (Phi) is 1.87. The van der Waals surface area contributed by atoms with Gasteiger partial charge in [0.05, 0.1) is 7.11 Å². The van der Waals surface area contributed by atoms with Gasteiger partial charge in [-0.3, -0.25) is 9.59 Å². The van der Waals surface area contributed by atoms with Crippen molar-refractivity contribution in [1.29, 1.82) is 0 Å². The van der Waals surface area contributed by atoms with E-state index in [-0.39, 0.29) is 11.8 Å². The molecule has 2 aliphatic rings. The maximum atomic E-state index is 11.5. The Bertz CT molecular complexity index is 320. The average molecular weight is 196 g/mol. The zero-order valence-corrected chi connectivity index (χ0v) is 7.90. The summed E-state index contributed by atoms with van der Waals surface area (Å²) in [6.45, 7) is 0. The van der Waals surface area contributed by atoms with Crippen LogP contribution in [-0.4, -0.2) is 24.2 Å². The van der Waals surface area contributed by atoms with Crippen molar-refractivity contribution in [2.45, 2.75) is 12.8 Å². The first-order chi connectivity index (χ1) is 6.61. The van der Waals surface area contributed by atoms with Crippen LogP contribution in [0.15, 0.2) is 12.2 Å². The van der Waals surface area contributed by atoms with Crippen LogP contribution in [0.5, 0.6) is 0 Å². The Labute approximate surface area is 81.6 Å². The van der Waals surface area contributed by atoms with Gasteiger partial charge in [-0.05, 0) is 18.8 Å². The molecule has 3 atom stereocenters. The number of hydrogen-bond donors (Lipinski definition) is 1. The Hall–Kier alpha value is -1.32. The van der Waals surface area contributed by atoms with Gasteiger partial charge in [0.15, 0.2) is 5.41 Å². The number of allylic oxidation sites excluding steroid dienone is 2. The molecule has 0 aliphatic heterocycles.